The summed E-state index contributed by atoms with van der Waals surface area (Å²) in [6.07, 6.45) is 1.67. The minimum absolute atomic E-state index is 0.256. The second-order valence-electron chi connectivity index (χ2n) is 5.24. The highest BCUT2D eigenvalue weighted by Gasteiger charge is 2.19. The number of nitrogens with zero attached hydrogens (tertiary/aromatic N) is 3. The Morgan fingerprint density at radius 2 is 2.05 bits per heavy atom. The van der Waals surface area contributed by atoms with Crippen molar-refractivity contribution in [1.82, 2.24) is 14.7 Å². The van der Waals surface area contributed by atoms with E-state index in [1.807, 2.05) is 37.0 Å². The summed E-state index contributed by atoms with van der Waals surface area (Å²) in [4.78, 5) is 2.11. The molecule has 0 aliphatic rings. The number of hydrogen-bond acceptors (Lipinski definition) is 3. The van der Waals surface area contributed by atoms with Gasteiger partial charge in [-0.05, 0) is 32.1 Å². The van der Waals surface area contributed by atoms with Gasteiger partial charge < -0.3 is 10.6 Å². The Morgan fingerprint density at radius 3 is 2.70 bits per heavy atom. The van der Waals surface area contributed by atoms with Gasteiger partial charge in [-0.25, -0.2) is 0 Å². The molecule has 0 bridgehead atoms. The molecule has 0 saturated heterocycles. The lowest BCUT2D eigenvalue weighted by atomic mass is 9.99. The lowest BCUT2D eigenvalue weighted by Gasteiger charge is -2.18. The average Bonchev–Trinajstić information content (AvgIpc) is 2.77. The van der Waals surface area contributed by atoms with Gasteiger partial charge in [-0.2, -0.15) is 5.10 Å². The second-order valence-corrected chi connectivity index (χ2v) is 5.65. The van der Waals surface area contributed by atoms with Crippen molar-refractivity contribution in [1.29, 1.82) is 0 Å². The van der Waals surface area contributed by atoms with E-state index >= 15 is 0 Å². The molecule has 0 saturated carbocycles. The summed E-state index contributed by atoms with van der Waals surface area (Å²) in [5.41, 5.74) is 9.54. The maximum absolute atomic E-state index is 6.41. The van der Waals surface area contributed by atoms with Crippen molar-refractivity contribution in [2.24, 2.45) is 5.73 Å². The molecule has 5 heteroatoms. The molecule has 0 aliphatic carbocycles. The third-order valence-corrected chi connectivity index (χ3v) is 3.70. The van der Waals surface area contributed by atoms with Gasteiger partial charge in [0.1, 0.15) is 0 Å². The van der Waals surface area contributed by atoms with Gasteiger partial charge in [-0.1, -0.05) is 35.9 Å². The van der Waals surface area contributed by atoms with Crippen molar-refractivity contribution in [3.63, 3.8) is 0 Å². The van der Waals surface area contributed by atoms with Crippen molar-refractivity contribution < 1.29 is 0 Å². The first-order valence-corrected chi connectivity index (χ1v) is 7.05. The van der Waals surface area contributed by atoms with Gasteiger partial charge in [0.15, 0.2) is 0 Å². The molecule has 1 heterocycles. The Hall–Kier alpha value is -1.36. The van der Waals surface area contributed by atoms with E-state index in [-0.39, 0.29) is 6.04 Å². The fourth-order valence-corrected chi connectivity index (χ4v) is 2.50. The molecule has 2 N–H and O–H groups in total. The van der Waals surface area contributed by atoms with Crippen LogP contribution in [-0.2, 0) is 6.54 Å². The minimum Gasteiger partial charge on any atom is -0.319 e. The van der Waals surface area contributed by atoms with Crippen molar-refractivity contribution in [2.45, 2.75) is 19.5 Å². The molecule has 1 unspecified atom stereocenters. The largest absolute Gasteiger partial charge is 0.319 e. The summed E-state index contributed by atoms with van der Waals surface area (Å²) in [7, 11) is 4.07. The predicted octanol–water partition coefficient (Wildman–Crippen LogP) is 2.45. The van der Waals surface area contributed by atoms with Crippen LogP contribution in [0.25, 0.3) is 0 Å². The summed E-state index contributed by atoms with van der Waals surface area (Å²) in [6.45, 7) is 3.73. The van der Waals surface area contributed by atoms with Crippen molar-refractivity contribution in [2.75, 3.05) is 20.6 Å². The van der Waals surface area contributed by atoms with Crippen LogP contribution in [0.3, 0.4) is 0 Å². The third kappa shape index (κ3) is 3.20. The smallest absolute Gasteiger partial charge is 0.0837 e. The minimum atomic E-state index is -0.256. The standard InChI is InChI=1S/C15H21ClN4/c1-11-6-4-5-7-12(11)14(17)15-13(16)10-18-20(15)9-8-19(2)3/h4-7,10,14H,8-9,17H2,1-3H3. The van der Waals surface area contributed by atoms with Gasteiger partial charge in [-0.3, -0.25) is 4.68 Å². The Kier molecular flexibility index (Phi) is 4.81. The van der Waals surface area contributed by atoms with E-state index in [2.05, 4.69) is 23.0 Å². The van der Waals surface area contributed by atoms with Gasteiger partial charge in [0.25, 0.3) is 0 Å². The summed E-state index contributed by atoms with van der Waals surface area (Å²) in [5.74, 6) is 0. The van der Waals surface area contributed by atoms with Crippen LogP contribution >= 0.6 is 11.6 Å². The molecule has 0 spiro atoms. The highest BCUT2D eigenvalue weighted by atomic mass is 35.5. The molecule has 0 amide bonds. The van der Waals surface area contributed by atoms with Crippen LogP contribution in [0.2, 0.25) is 5.02 Å². The monoisotopic (exact) mass is 292 g/mol. The Bertz CT molecular complexity index is 577. The third-order valence-electron chi connectivity index (χ3n) is 3.41. The molecule has 1 aromatic carbocycles. The van der Waals surface area contributed by atoms with Crippen LogP contribution < -0.4 is 5.73 Å². The van der Waals surface area contributed by atoms with Crippen LogP contribution in [0.1, 0.15) is 22.9 Å². The Labute approximate surface area is 125 Å². The predicted molar refractivity (Wildman–Crippen MR) is 83.0 cm³/mol. The van der Waals surface area contributed by atoms with Gasteiger partial charge in [-0.15, -0.1) is 0 Å². The van der Waals surface area contributed by atoms with E-state index in [0.717, 1.165) is 29.9 Å². The van der Waals surface area contributed by atoms with Crippen LogP contribution in [0.4, 0.5) is 0 Å². The van der Waals surface area contributed by atoms with E-state index < -0.39 is 0 Å². The summed E-state index contributed by atoms with van der Waals surface area (Å²) < 4.78 is 1.90. The molecule has 2 rings (SSSR count). The fraction of sp³-hybridized carbons (Fsp3) is 0.400. The summed E-state index contributed by atoms with van der Waals surface area (Å²) >= 11 is 6.28. The quantitative estimate of drug-likeness (QED) is 0.921. The average molecular weight is 293 g/mol. The fourth-order valence-electron chi connectivity index (χ4n) is 2.24. The molecular formula is C15H21ClN4. The Morgan fingerprint density at radius 1 is 1.35 bits per heavy atom. The molecule has 0 fully saturated rings. The highest BCUT2D eigenvalue weighted by molar-refractivity contribution is 6.31. The zero-order valence-electron chi connectivity index (χ0n) is 12.2. The zero-order chi connectivity index (χ0) is 14.7. The molecule has 1 aromatic heterocycles. The molecule has 20 heavy (non-hydrogen) atoms. The van der Waals surface area contributed by atoms with E-state index in [1.165, 1.54) is 0 Å². The first-order chi connectivity index (χ1) is 9.50. The number of nitrogens with two attached hydrogens (primary N) is 1. The van der Waals surface area contributed by atoms with E-state index in [4.69, 9.17) is 17.3 Å². The number of rotatable bonds is 5. The number of hydrogen-bond donors (Lipinski definition) is 1. The molecule has 4 nitrogen and oxygen atoms in total. The topological polar surface area (TPSA) is 47.1 Å². The Balaban J connectivity index is 2.32. The maximum Gasteiger partial charge on any atom is 0.0837 e. The first-order valence-electron chi connectivity index (χ1n) is 6.67. The normalized spacial score (nSPS) is 12.9. The number of benzene rings is 1. The molecule has 108 valence electrons. The zero-order valence-corrected chi connectivity index (χ0v) is 12.9. The summed E-state index contributed by atoms with van der Waals surface area (Å²) in [6, 6.07) is 7.85. The maximum atomic E-state index is 6.41. The van der Waals surface area contributed by atoms with Gasteiger partial charge in [0.05, 0.1) is 29.5 Å². The number of aryl methyl sites for hydroxylation is 1. The van der Waals surface area contributed by atoms with Crippen LogP contribution in [0.5, 0.6) is 0 Å². The lowest BCUT2D eigenvalue weighted by molar-refractivity contribution is 0.368. The second kappa shape index (κ2) is 6.39. The SMILES string of the molecule is Cc1ccccc1C(N)c1c(Cl)cnn1CCN(C)C. The van der Waals surface area contributed by atoms with Crippen molar-refractivity contribution in [3.8, 4) is 0 Å². The molecule has 0 radical (unpaired) electrons. The van der Waals surface area contributed by atoms with Crippen LogP contribution in [0.15, 0.2) is 30.5 Å². The molecule has 2 aromatic rings. The lowest BCUT2D eigenvalue weighted by Crippen LogP contribution is -2.24. The van der Waals surface area contributed by atoms with Crippen molar-refractivity contribution in [3.05, 3.63) is 52.3 Å². The van der Waals surface area contributed by atoms with Gasteiger partial charge in [0.2, 0.25) is 0 Å². The molecule has 0 aliphatic heterocycles. The number of halogens is 1. The first kappa shape index (κ1) is 15.0. The van der Waals surface area contributed by atoms with E-state index in [1.54, 1.807) is 6.20 Å². The number of likely N-dealkylation sites (N-methyl/N-ethyl adjacent to an activating group) is 1. The van der Waals surface area contributed by atoms with Crippen LogP contribution in [-0.4, -0.2) is 35.3 Å². The van der Waals surface area contributed by atoms with Crippen molar-refractivity contribution >= 4 is 11.6 Å². The molecular weight excluding hydrogens is 272 g/mol. The van der Waals surface area contributed by atoms with Gasteiger partial charge >= 0.3 is 0 Å². The number of aromatic nitrogens is 2. The van der Waals surface area contributed by atoms with Crippen LogP contribution in [0, 0.1) is 6.92 Å². The highest BCUT2D eigenvalue weighted by Crippen LogP contribution is 2.28. The van der Waals surface area contributed by atoms with E-state index in [9.17, 15) is 0 Å². The molecule has 1 atom stereocenters. The van der Waals surface area contributed by atoms with E-state index in [0.29, 0.717) is 5.02 Å². The van der Waals surface area contributed by atoms with Gasteiger partial charge in [0, 0.05) is 6.54 Å². The summed E-state index contributed by atoms with van der Waals surface area (Å²) in [5, 5.41) is 4.97.